The van der Waals surface area contributed by atoms with Crippen LogP contribution in [0.3, 0.4) is 0 Å². The highest BCUT2D eigenvalue weighted by molar-refractivity contribution is 6.34. The van der Waals surface area contributed by atoms with E-state index in [1.807, 2.05) is 0 Å². The molecule has 3 amide bonds. The number of hydrogen-bond acceptors (Lipinski definition) is 9. The molecule has 204 valence electrons. The number of anilines is 3. The van der Waals surface area contributed by atoms with Gasteiger partial charge in [-0.25, -0.2) is 4.79 Å². The molecule has 0 aromatic heterocycles. The van der Waals surface area contributed by atoms with E-state index >= 15 is 0 Å². The number of phenolic OH excluding ortho intramolecular Hbond substituents is 1. The molecule has 0 aliphatic carbocycles. The number of carboxylic acid groups (broad SMARTS) is 1. The van der Waals surface area contributed by atoms with E-state index in [1.165, 1.54) is 50.6 Å². The smallest absolute Gasteiger partial charge is 0.339 e. The second kappa shape index (κ2) is 12.0. The van der Waals surface area contributed by atoms with Gasteiger partial charge in [-0.1, -0.05) is 11.6 Å². The van der Waals surface area contributed by atoms with Crippen LogP contribution in [0.1, 0.15) is 31.1 Å². The summed E-state index contributed by atoms with van der Waals surface area (Å²) in [7, 11) is 2.38. The number of halogens is 1. The Morgan fingerprint density at radius 1 is 0.795 bits per heavy atom. The van der Waals surface area contributed by atoms with Crippen LogP contribution in [0.15, 0.2) is 42.5 Å². The first kappa shape index (κ1) is 28.6. The molecule has 0 unspecified atom stereocenters. The molecular weight excluding hydrogens is 536 g/mol. The number of ether oxygens (including phenoxy) is 2. The van der Waals surface area contributed by atoms with Gasteiger partial charge >= 0.3 is 5.97 Å². The minimum absolute atomic E-state index is 0.00849. The Morgan fingerprint density at radius 3 is 1.77 bits per heavy atom. The molecule has 14 heteroatoms. The molecule has 3 rings (SSSR count). The van der Waals surface area contributed by atoms with Gasteiger partial charge in [0, 0.05) is 5.69 Å². The van der Waals surface area contributed by atoms with Crippen molar-refractivity contribution >= 4 is 52.4 Å². The van der Waals surface area contributed by atoms with Gasteiger partial charge in [-0.3, -0.25) is 14.4 Å². The Morgan fingerprint density at radius 2 is 1.28 bits per heavy atom. The zero-order valence-electron chi connectivity index (χ0n) is 20.5. The van der Waals surface area contributed by atoms with E-state index in [2.05, 4.69) is 16.0 Å². The molecule has 3 aromatic rings. The molecule has 0 atom stereocenters. The van der Waals surface area contributed by atoms with Crippen molar-refractivity contribution in [2.75, 3.05) is 36.7 Å². The minimum atomic E-state index is -1.40. The Bertz CT molecular complexity index is 1480. The lowest BCUT2D eigenvalue weighted by Gasteiger charge is -2.16. The second-order valence-corrected chi connectivity index (χ2v) is 8.15. The Hall–Kier alpha value is -5.01. The van der Waals surface area contributed by atoms with Crippen LogP contribution in [0.4, 0.5) is 17.1 Å². The molecule has 0 aliphatic heterocycles. The van der Waals surface area contributed by atoms with Crippen LogP contribution in [0.2, 0.25) is 5.02 Å². The van der Waals surface area contributed by atoms with Gasteiger partial charge in [0.1, 0.15) is 5.56 Å². The van der Waals surface area contributed by atoms with E-state index < -0.39 is 40.8 Å². The molecular formula is C25H23ClN4O9. The molecule has 0 saturated carbocycles. The fraction of sp³-hybridized carbons (Fsp3) is 0.120. The van der Waals surface area contributed by atoms with Gasteiger partial charge < -0.3 is 46.5 Å². The molecule has 0 bridgehead atoms. The summed E-state index contributed by atoms with van der Waals surface area (Å²) in [4.78, 5) is 48.4. The van der Waals surface area contributed by atoms with Crippen molar-refractivity contribution < 1.29 is 44.0 Å². The average Bonchev–Trinajstić information content (AvgIpc) is 2.88. The fourth-order valence-corrected chi connectivity index (χ4v) is 3.74. The number of amides is 3. The number of benzene rings is 3. The van der Waals surface area contributed by atoms with Crippen molar-refractivity contribution in [3.8, 4) is 23.0 Å². The first-order valence-corrected chi connectivity index (χ1v) is 11.4. The Labute approximate surface area is 226 Å². The van der Waals surface area contributed by atoms with E-state index in [0.717, 1.165) is 6.07 Å². The quantitative estimate of drug-likeness (QED) is 0.204. The monoisotopic (exact) mass is 558 g/mol. The van der Waals surface area contributed by atoms with Crippen molar-refractivity contribution in [2.24, 2.45) is 5.73 Å². The average molecular weight is 559 g/mol. The van der Waals surface area contributed by atoms with Crippen molar-refractivity contribution in [1.82, 2.24) is 0 Å². The molecule has 0 fully saturated rings. The lowest BCUT2D eigenvalue weighted by atomic mass is 10.1. The lowest BCUT2D eigenvalue weighted by molar-refractivity contribution is -0.114. The van der Waals surface area contributed by atoms with Crippen LogP contribution in [0.5, 0.6) is 23.0 Å². The van der Waals surface area contributed by atoms with Crippen LogP contribution in [0, 0.1) is 0 Å². The maximum absolute atomic E-state index is 12.9. The number of aromatic hydroxyl groups is 2. The van der Waals surface area contributed by atoms with Crippen LogP contribution in [0.25, 0.3) is 0 Å². The zero-order valence-corrected chi connectivity index (χ0v) is 21.3. The minimum Gasteiger partial charge on any atom is -0.504 e. The fourth-order valence-electron chi connectivity index (χ4n) is 3.48. The number of carbonyl (C=O) groups excluding carboxylic acids is 3. The van der Waals surface area contributed by atoms with Crippen LogP contribution in [-0.2, 0) is 4.79 Å². The van der Waals surface area contributed by atoms with Gasteiger partial charge in [0.25, 0.3) is 11.8 Å². The van der Waals surface area contributed by atoms with Crippen LogP contribution < -0.4 is 31.2 Å². The highest BCUT2D eigenvalue weighted by Crippen LogP contribution is 2.40. The number of nitrogens with one attached hydrogen (secondary N) is 3. The van der Waals surface area contributed by atoms with Gasteiger partial charge in [0.15, 0.2) is 23.0 Å². The van der Waals surface area contributed by atoms with Crippen molar-refractivity contribution in [3.05, 3.63) is 64.2 Å². The maximum Gasteiger partial charge on any atom is 0.339 e. The number of hydrogen-bond donors (Lipinski definition) is 7. The molecule has 0 saturated heterocycles. The Kier molecular flexibility index (Phi) is 8.80. The van der Waals surface area contributed by atoms with Gasteiger partial charge in [-0.2, -0.15) is 0 Å². The summed E-state index contributed by atoms with van der Waals surface area (Å²) in [6.07, 6.45) is 0. The lowest BCUT2D eigenvalue weighted by Crippen LogP contribution is -2.22. The third kappa shape index (κ3) is 6.11. The van der Waals surface area contributed by atoms with Gasteiger partial charge in [0.05, 0.1) is 48.3 Å². The third-order valence-electron chi connectivity index (χ3n) is 5.33. The van der Waals surface area contributed by atoms with Gasteiger partial charge in [0.2, 0.25) is 5.91 Å². The highest BCUT2D eigenvalue weighted by Gasteiger charge is 2.24. The largest absolute Gasteiger partial charge is 0.504 e. The molecule has 0 spiro atoms. The van der Waals surface area contributed by atoms with Crippen LogP contribution >= 0.6 is 11.6 Å². The predicted octanol–water partition coefficient (Wildman–Crippen LogP) is 2.87. The molecule has 3 aromatic carbocycles. The van der Waals surface area contributed by atoms with Crippen molar-refractivity contribution in [3.63, 3.8) is 0 Å². The molecule has 0 aliphatic rings. The highest BCUT2D eigenvalue weighted by atomic mass is 35.5. The summed E-state index contributed by atoms with van der Waals surface area (Å²) in [5.41, 5.74) is 4.87. The zero-order chi connectivity index (χ0) is 28.9. The third-order valence-corrected chi connectivity index (χ3v) is 5.64. The molecule has 8 N–H and O–H groups in total. The van der Waals surface area contributed by atoms with Crippen molar-refractivity contribution in [1.29, 1.82) is 0 Å². The first-order valence-electron chi connectivity index (χ1n) is 11.0. The molecule has 39 heavy (non-hydrogen) atoms. The summed E-state index contributed by atoms with van der Waals surface area (Å²) in [6, 6.07) is 8.96. The predicted molar refractivity (Wildman–Crippen MR) is 141 cm³/mol. The van der Waals surface area contributed by atoms with Crippen molar-refractivity contribution in [2.45, 2.75) is 0 Å². The summed E-state index contributed by atoms with van der Waals surface area (Å²) in [5.74, 6) is -5.24. The SMILES string of the molecule is COc1c(NC(=O)c2ccc(NC(=O)c3ccc(NC(=O)CN)cc3Cl)c(OC)c2O)ccc(C(=O)O)c1O. The normalized spacial score (nSPS) is 10.4. The van der Waals surface area contributed by atoms with E-state index in [9.17, 15) is 29.4 Å². The number of rotatable bonds is 9. The first-order chi connectivity index (χ1) is 18.5. The van der Waals surface area contributed by atoms with E-state index in [4.69, 9.17) is 31.9 Å². The molecule has 0 radical (unpaired) electrons. The molecule has 0 heterocycles. The van der Waals surface area contributed by atoms with Crippen LogP contribution in [-0.4, -0.2) is 59.8 Å². The maximum atomic E-state index is 12.9. The number of aromatic carboxylic acids is 1. The molecule has 13 nitrogen and oxygen atoms in total. The van der Waals surface area contributed by atoms with E-state index in [0.29, 0.717) is 5.69 Å². The number of phenols is 2. The van der Waals surface area contributed by atoms with Gasteiger partial charge in [-0.15, -0.1) is 0 Å². The summed E-state index contributed by atoms with van der Waals surface area (Å²) >= 11 is 6.19. The van der Waals surface area contributed by atoms with E-state index in [-0.39, 0.29) is 45.6 Å². The second-order valence-electron chi connectivity index (χ2n) is 7.75. The topological polar surface area (TPSA) is 210 Å². The number of nitrogens with two attached hydrogens (primary N) is 1. The van der Waals surface area contributed by atoms with E-state index in [1.54, 1.807) is 0 Å². The standard InChI is InChI=1S/C25H23ClN4O9/c1-38-21-16(29-23(34)12-4-3-11(9-15(12)26)28-18(31)10-27)7-5-13(19(21)32)24(35)30-17-8-6-14(25(36)37)20(33)22(17)39-2/h3-9,32-33H,10,27H2,1-2H3,(H,28,31)(H,29,34)(H,30,35)(H,36,37). The number of carbonyl (C=O) groups is 4. The van der Waals surface area contributed by atoms with Gasteiger partial charge in [-0.05, 0) is 42.5 Å². The summed E-state index contributed by atoms with van der Waals surface area (Å²) in [6.45, 7) is -0.232. The Balaban J connectivity index is 1.86. The number of carboxylic acids is 1. The summed E-state index contributed by atoms with van der Waals surface area (Å²) < 4.78 is 10.2. The number of methoxy groups -OCH3 is 2. The summed E-state index contributed by atoms with van der Waals surface area (Å²) in [5, 5.41) is 37.5.